The number of nitrogens with zero attached hydrogens (tertiary/aromatic N) is 5. The van der Waals surface area contributed by atoms with Crippen molar-refractivity contribution in [2.75, 3.05) is 35.0 Å². The van der Waals surface area contributed by atoms with Crippen LogP contribution < -0.4 is 23.7 Å². The molecule has 9 aromatic rings. The van der Waals surface area contributed by atoms with Gasteiger partial charge >= 0.3 is 0 Å². The number of rotatable bonds is 21. The summed E-state index contributed by atoms with van der Waals surface area (Å²) in [5.41, 5.74) is 5.08. The van der Waals surface area contributed by atoms with Crippen molar-refractivity contribution >= 4 is 16.9 Å². The second kappa shape index (κ2) is 22.2. The molecule has 7 aromatic carbocycles. The molecule has 2 aromatic heterocycles. The minimum Gasteiger partial charge on any atom is -0.497 e. The average Bonchev–Trinajstić information content (AvgIpc) is 4.14. The maximum Gasteiger partial charge on any atom is 0.270 e. The van der Waals surface area contributed by atoms with Crippen molar-refractivity contribution in [1.29, 1.82) is 0 Å². The molecule has 0 unspecified atom stereocenters. The molecule has 0 spiro atoms. The van der Waals surface area contributed by atoms with Crippen molar-refractivity contribution in [1.82, 2.24) is 19.5 Å². The number of nitro benzene ring substituents is 1. The van der Waals surface area contributed by atoms with E-state index in [-0.39, 0.29) is 37.5 Å². The predicted molar refractivity (Wildman–Crippen MR) is 281 cm³/mol. The van der Waals surface area contributed by atoms with Crippen molar-refractivity contribution in [2.45, 2.75) is 49.6 Å². The second-order valence-electron chi connectivity index (χ2n) is 18.0. The number of aromatic nitrogens is 4. The molecule has 0 N–H and O–H groups in total. The summed E-state index contributed by atoms with van der Waals surface area (Å²) in [4.78, 5) is 25.8. The van der Waals surface area contributed by atoms with Crippen LogP contribution in [0.2, 0.25) is 0 Å². The summed E-state index contributed by atoms with van der Waals surface area (Å²) in [6, 6.07) is 56.1. The van der Waals surface area contributed by atoms with E-state index in [4.69, 9.17) is 42.9 Å². The zero-order valence-electron chi connectivity index (χ0n) is 41.9. The fourth-order valence-corrected chi connectivity index (χ4v) is 9.89. The Morgan fingerprint density at radius 1 is 0.560 bits per heavy atom. The smallest absolute Gasteiger partial charge is 0.270 e. The highest BCUT2D eigenvalue weighted by Crippen LogP contribution is 2.45. The van der Waals surface area contributed by atoms with Gasteiger partial charge < -0.3 is 37.9 Å². The van der Waals surface area contributed by atoms with Crippen molar-refractivity contribution < 1.29 is 42.8 Å². The van der Waals surface area contributed by atoms with Crippen molar-refractivity contribution in [3.63, 3.8) is 0 Å². The summed E-state index contributed by atoms with van der Waals surface area (Å²) < 4.78 is 51.3. The number of hydrogen-bond donors (Lipinski definition) is 0. The molecular formula is C60H55N5O10. The maximum absolute atomic E-state index is 12.5. The molecule has 1 aliphatic heterocycles. The lowest BCUT2D eigenvalue weighted by Gasteiger charge is -2.37. The van der Waals surface area contributed by atoms with E-state index in [2.05, 4.69) is 22.1 Å². The maximum atomic E-state index is 12.5. The van der Waals surface area contributed by atoms with Gasteiger partial charge in [-0.25, -0.2) is 9.97 Å². The molecule has 0 saturated carbocycles. The molecule has 380 valence electrons. The first kappa shape index (κ1) is 49.9. The Morgan fingerprint density at radius 2 is 1.01 bits per heavy atom. The monoisotopic (exact) mass is 1010 g/mol. The Bertz CT molecular complexity index is 3240. The van der Waals surface area contributed by atoms with Crippen LogP contribution in [0.15, 0.2) is 189 Å². The molecule has 1 saturated heterocycles. The second-order valence-corrected chi connectivity index (χ2v) is 18.0. The number of methoxy groups -OCH3 is 4. The van der Waals surface area contributed by atoms with Gasteiger partial charge in [0.1, 0.15) is 53.4 Å². The Hall–Kier alpha value is -8.63. The quantitative estimate of drug-likeness (QED) is 0.0380. The van der Waals surface area contributed by atoms with E-state index < -0.39 is 22.4 Å². The van der Waals surface area contributed by atoms with Gasteiger partial charge in [-0.05, 0) is 112 Å². The van der Waals surface area contributed by atoms with Crippen LogP contribution in [0.3, 0.4) is 0 Å². The molecule has 15 nitrogen and oxygen atoms in total. The molecule has 3 heterocycles. The number of nitro groups is 1. The molecule has 2 atom stereocenters. The lowest BCUT2D eigenvalue weighted by atomic mass is 9.80. The zero-order valence-corrected chi connectivity index (χ0v) is 41.9. The predicted octanol–water partition coefficient (Wildman–Crippen LogP) is 11.5. The van der Waals surface area contributed by atoms with Crippen LogP contribution in [0.4, 0.5) is 5.69 Å². The molecule has 0 radical (unpaired) electrons. The third-order valence-electron chi connectivity index (χ3n) is 13.6. The van der Waals surface area contributed by atoms with Gasteiger partial charge in [0, 0.05) is 12.1 Å². The van der Waals surface area contributed by atoms with E-state index in [9.17, 15) is 10.1 Å². The average molecular weight is 1010 g/mol. The van der Waals surface area contributed by atoms with E-state index in [1.165, 1.54) is 18.5 Å². The van der Waals surface area contributed by atoms with Crippen LogP contribution in [-0.2, 0) is 38.6 Å². The number of ether oxygens (including phenoxy) is 8. The first-order valence-corrected chi connectivity index (χ1v) is 24.4. The van der Waals surface area contributed by atoms with E-state index in [1.54, 1.807) is 34.8 Å². The molecule has 0 aliphatic carbocycles. The van der Waals surface area contributed by atoms with Crippen LogP contribution in [-0.4, -0.2) is 65.6 Å². The molecule has 0 bridgehead atoms. The van der Waals surface area contributed by atoms with Crippen LogP contribution in [0.5, 0.6) is 28.9 Å². The number of fused-ring (bicyclic) bond motifs is 1. The lowest BCUT2D eigenvalue weighted by Crippen LogP contribution is -2.35. The number of hydrogen-bond acceptors (Lipinski definition) is 13. The molecular weight excluding hydrogens is 951 g/mol. The Balaban J connectivity index is 0.886. The summed E-state index contributed by atoms with van der Waals surface area (Å²) in [5.74, 6) is 3.06. The van der Waals surface area contributed by atoms with Crippen molar-refractivity contribution in [3.8, 4) is 28.9 Å². The molecule has 75 heavy (non-hydrogen) atoms. The topological polar surface area (TPSA) is 161 Å². The van der Waals surface area contributed by atoms with Crippen molar-refractivity contribution in [2.24, 2.45) is 0 Å². The van der Waals surface area contributed by atoms with Gasteiger partial charge in [-0.3, -0.25) is 14.7 Å². The summed E-state index contributed by atoms with van der Waals surface area (Å²) >= 11 is 0. The third-order valence-corrected chi connectivity index (χ3v) is 13.6. The number of benzene rings is 7. The summed E-state index contributed by atoms with van der Waals surface area (Å²) in [5, 5.41) is 12.5. The zero-order chi connectivity index (χ0) is 51.8. The van der Waals surface area contributed by atoms with E-state index in [1.807, 2.05) is 156 Å². The Labute approximate surface area is 434 Å². The Morgan fingerprint density at radius 3 is 1.48 bits per heavy atom. The minimum atomic E-state index is -1.15. The standard InChI is InChI=1S/C60H55N5O10/c1-68-50-23-15-45(16-24-50)59(43-11-7-5-8-12-43,46-17-25-51(69-2)26-18-46)73-37-42-33-41(34-49(35-42)65(66)67)36-72-58-56-57(61-39-62-58)64(40-63-56)55-32-31-54(75-55)38-74-60(44-13-9-6-10-14-44,47-19-27-52(70-3)28-20-47)48-21-29-53(71-4)30-22-48/h5-30,33-35,39-40,54-55H,31-32,36-38H2,1-4H3/t54-,55-/m1/s1. The normalized spacial score (nSPS) is 14.6. The Kier molecular flexibility index (Phi) is 14.8. The van der Waals surface area contributed by atoms with E-state index in [0.29, 0.717) is 46.6 Å². The van der Waals surface area contributed by atoms with Gasteiger partial charge in [0.15, 0.2) is 11.2 Å². The first-order chi connectivity index (χ1) is 36.7. The number of non-ortho nitro benzene ring substituents is 1. The highest BCUT2D eigenvalue weighted by atomic mass is 16.6. The van der Waals surface area contributed by atoms with Gasteiger partial charge in [0.25, 0.3) is 5.69 Å². The van der Waals surface area contributed by atoms with Gasteiger partial charge in [-0.15, -0.1) is 0 Å². The fourth-order valence-electron chi connectivity index (χ4n) is 9.89. The largest absolute Gasteiger partial charge is 0.497 e. The first-order valence-electron chi connectivity index (χ1n) is 24.4. The van der Waals surface area contributed by atoms with Crippen LogP contribution in [0, 0.1) is 10.1 Å². The van der Waals surface area contributed by atoms with Crippen LogP contribution in [0.1, 0.15) is 63.6 Å². The highest BCUT2D eigenvalue weighted by Gasteiger charge is 2.41. The molecule has 1 fully saturated rings. The van der Waals surface area contributed by atoms with E-state index in [0.717, 1.165) is 44.9 Å². The van der Waals surface area contributed by atoms with Gasteiger partial charge in [-0.2, -0.15) is 4.98 Å². The summed E-state index contributed by atoms with van der Waals surface area (Å²) in [6.45, 7) is 0.207. The molecule has 10 rings (SSSR count). The summed E-state index contributed by atoms with van der Waals surface area (Å²) in [7, 11) is 6.53. The summed E-state index contributed by atoms with van der Waals surface area (Å²) in [6.07, 6.45) is 3.79. The minimum absolute atomic E-state index is 0.00653. The highest BCUT2D eigenvalue weighted by molar-refractivity contribution is 5.76. The fraction of sp³-hybridized carbons (Fsp3) is 0.217. The molecule has 15 heteroatoms. The third kappa shape index (κ3) is 10.2. The SMILES string of the molecule is COc1ccc(C(OCc2cc(COc3ncnc4c3ncn4[C@H]3CC[C@H](COC(c4ccccc4)(c4ccc(OC)cc4)c4ccc(OC)cc4)O3)cc([N+](=O)[O-])c2)(c2ccccc2)c2ccc(OC)cc2)cc1. The van der Waals surface area contributed by atoms with Gasteiger partial charge in [0.2, 0.25) is 5.88 Å². The lowest BCUT2D eigenvalue weighted by molar-refractivity contribution is -0.385. The van der Waals surface area contributed by atoms with Crippen molar-refractivity contribution in [3.05, 3.63) is 243 Å². The van der Waals surface area contributed by atoms with E-state index >= 15 is 0 Å². The van der Waals surface area contributed by atoms with Crippen LogP contribution in [0.25, 0.3) is 11.2 Å². The number of imidazole rings is 1. The molecule has 0 amide bonds. The van der Waals surface area contributed by atoms with Crippen LogP contribution >= 0.6 is 0 Å². The molecule has 1 aliphatic rings. The van der Waals surface area contributed by atoms with Gasteiger partial charge in [0.05, 0.1) is 59.0 Å². The van der Waals surface area contributed by atoms with Gasteiger partial charge in [-0.1, -0.05) is 109 Å².